The first-order valence-electron chi connectivity index (χ1n) is 18.8. The molecule has 0 aromatic heterocycles. The second-order valence-electron chi connectivity index (χ2n) is 15.0. The Morgan fingerprint density at radius 2 is 1.70 bits per heavy atom. The normalized spacial score (nSPS) is 24.4. The molecule has 0 aromatic rings. The Kier molecular flexibility index (Phi) is 16.2. The van der Waals surface area contributed by atoms with Crippen LogP contribution in [0.25, 0.3) is 0 Å². The summed E-state index contributed by atoms with van der Waals surface area (Å²) in [6.45, 7) is 13.6. The summed E-state index contributed by atoms with van der Waals surface area (Å²) in [4.78, 5) is 58.4. The average molecular weight is 700 g/mol. The number of ether oxygens (including phenoxy) is 2. The minimum atomic E-state index is -0.721. The average Bonchev–Trinajstić information content (AvgIpc) is 3.69. The number of hydrogen-bond donors (Lipinski definition) is 3. The maximum atomic E-state index is 14.1. The van der Waals surface area contributed by atoms with Gasteiger partial charge in [-0.2, -0.15) is 0 Å². The standard InChI is InChI=1S/C39H65N5O6/c1-10-27(4)34(43(7)37(47)33(26(2)3)42-38(48)39(6)21-16-22-41-39)31(49-8)25-32(45)44-24-15-19-30(44)35(50-9)28(5)36(46)40-23-20-29-17-13-11-12-14-18-29/h11-14,17-18,26-31,33-35,41H,10,15-16,19-25H2,1-9H3,(H,40,46)(H,42,48)/t27-,28+,30-,31+,33-,34-,35+,39-/m0/s1. The van der Waals surface area contributed by atoms with E-state index in [0.717, 1.165) is 45.1 Å². The first-order chi connectivity index (χ1) is 23.8. The smallest absolute Gasteiger partial charge is 0.245 e. The summed E-state index contributed by atoms with van der Waals surface area (Å²) >= 11 is 0. The number of carbonyl (C=O) groups excluding carboxylic acids is 4. The lowest BCUT2D eigenvalue weighted by Crippen LogP contribution is -2.61. The van der Waals surface area contributed by atoms with Crippen LogP contribution >= 0.6 is 0 Å². The molecule has 2 saturated heterocycles. The molecular weight excluding hydrogens is 634 g/mol. The molecule has 3 aliphatic rings. The topological polar surface area (TPSA) is 129 Å². The van der Waals surface area contributed by atoms with Crippen molar-refractivity contribution in [3.8, 4) is 0 Å². The number of amides is 4. The molecule has 282 valence electrons. The highest BCUT2D eigenvalue weighted by Crippen LogP contribution is 2.30. The second-order valence-corrected chi connectivity index (χ2v) is 15.0. The number of nitrogens with zero attached hydrogens (tertiary/aromatic N) is 2. The van der Waals surface area contributed by atoms with E-state index in [0.29, 0.717) is 13.1 Å². The molecule has 0 bridgehead atoms. The third-order valence-electron chi connectivity index (χ3n) is 11.2. The molecule has 4 amide bonds. The molecular formula is C39H65N5O6. The minimum Gasteiger partial charge on any atom is -0.379 e. The number of allylic oxidation sites excluding steroid dienone is 6. The van der Waals surface area contributed by atoms with E-state index in [1.165, 1.54) is 0 Å². The van der Waals surface area contributed by atoms with Crippen LogP contribution < -0.4 is 16.0 Å². The Labute approximate surface area is 301 Å². The van der Waals surface area contributed by atoms with Crippen molar-refractivity contribution in [1.29, 1.82) is 0 Å². The summed E-state index contributed by atoms with van der Waals surface area (Å²) in [6, 6.07) is -1.38. The highest BCUT2D eigenvalue weighted by molar-refractivity contribution is 5.92. The Morgan fingerprint density at radius 3 is 2.26 bits per heavy atom. The SMILES string of the molecule is CC[C@H](C)[C@@H]([C@@H](CC(=O)N1CCC[C@H]1[C@H](OC)[C@@H](C)C(=O)NCCC1C=CC=CC=C1)OC)N(C)C(=O)[C@@H](NC(=O)[C@]1(C)CCCN1)C(C)C. The van der Waals surface area contributed by atoms with E-state index in [9.17, 15) is 19.2 Å². The largest absolute Gasteiger partial charge is 0.379 e. The van der Waals surface area contributed by atoms with E-state index < -0.39 is 35.7 Å². The van der Waals surface area contributed by atoms with Gasteiger partial charge < -0.3 is 35.2 Å². The zero-order chi connectivity index (χ0) is 37.0. The van der Waals surface area contributed by atoms with Crippen LogP contribution in [0.3, 0.4) is 0 Å². The lowest BCUT2D eigenvalue weighted by Gasteiger charge is -2.41. The molecule has 8 atom stereocenters. The zero-order valence-electron chi connectivity index (χ0n) is 32.1. The molecule has 0 radical (unpaired) electrons. The molecule has 50 heavy (non-hydrogen) atoms. The molecule has 0 saturated carbocycles. The van der Waals surface area contributed by atoms with Crippen molar-refractivity contribution >= 4 is 23.6 Å². The van der Waals surface area contributed by atoms with E-state index in [1.54, 1.807) is 26.2 Å². The molecule has 2 aliphatic heterocycles. The van der Waals surface area contributed by atoms with Crippen LogP contribution in [-0.2, 0) is 28.7 Å². The predicted molar refractivity (Wildman–Crippen MR) is 197 cm³/mol. The van der Waals surface area contributed by atoms with Gasteiger partial charge in [-0.1, -0.05) is 77.5 Å². The van der Waals surface area contributed by atoms with Gasteiger partial charge in [0, 0.05) is 34.4 Å². The molecule has 0 spiro atoms. The van der Waals surface area contributed by atoms with E-state index >= 15 is 0 Å². The Morgan fingerprint density at radius 1 is 1.02 bits per heavy atom. The third kappa shape index (κ3) is 10.5. The Balaban J connectivity index is 1.70. The summed E-state index contributed by atoms with van der Waals surface area (Å²) in [5.41, 5.74) is -0.699. The van der Waals surface area contributed by atoms with Crippen LogP contribution in [0, 0.1) is 23.7 Å². The van der Waals surface area contributed by atoms with Gasteiger partial charge in [-0.25, -0.2) is 0 Å². The molecule has 3 N–H and O–H groups in total. The van der Waals surface area contributed by atoms with Gasteiger partial charge >= 0.3 is 0 Å². The van der Waals surface area contributed by atoms with Gasteiger partial charge in [0.25, 0.3) is 0 Å². The van der Waals surface area contributed by atoms with Crippen molar-refractivity contribution in [1.82, 2.24) is 25.8 Å². The van der Waals surface area contributed by atoms with Gasteiger partial charge in [0.2, 0.25) is 23.6 Å². The quantitative estimate of drug-likeness (QED) is 0.197. The number of likely N-dealkylation sites (N-methyl/N-ethyl adjacent to an activating group) is 1. The van der Waals surface area contributed by atoms with E-state index in [4.69, 9.17) is 9.47 Å². The Bertz CT molecular complexity index is 1210. The van der Waals surface area contributed by atoms with Crippen molar-refractivity contribution in [2.45, 2.75) is 122 Å². The first kappa shape index (κ1) is 41.4. The molecule has 3 rings (SSSR count). The summed E-state index contributed by atoms with van der Waals surface area (Å²) < 4.78 is 11.9. The van der Waals surface area contributed by atoms with Crippen LogP contribution in [0.5, 0.6) is 0 Å². The van der Waals surface area contributed by atoms with Crippen LogP contribution in [0.2, 0.25) is 0 Å². The predicted octanol–water partition coefficient (Wildman–Crippen LogP) is 3.99. The highest BCUT2D eigenvalue weighted by Gasteiger charge is 2.44. The lowest BCUT2D eigenvalue weighted by molar-refractivity contribution is -0.148. The number of rotatable bonds is 18. The van der Waals surface area contributed by atoms with E-state index in [2.05, 4.69) is 41.9 Å². The molecule has 2 heterocycles. The van der Waals surface area contributed by atoms with Crippen molar-refractivity contribution in [2.75, 3.05) is 40.9 Å². The van der Waals surface area contributed by atoms with E-state index in [1.807, 2.05) is 56.9 Å². The molecule has 2 fully saturated rings. The van der Waals surface area contributed by atoms with Crippen LogP contribution in [0.15, 0.2) is 36.5 Å². The monoisotopic (exact) mass is 699 g/mol. The van der Waals surface area contributed by atoms with Crippen molar-refractivity contribution in [3.63, 3.8) is 0 Å². The molecule has 11 heteroatoms. The summed E-state index contributed by atoms with van der Waals surface area (Å²) in [5.74, 6) is -0.866. The van der Waals surface area contributed by atoms with Gasteiger partial charge in [-0.15, -0.1) is 0 Å². The van der Waals surface area contributed by atoms with E-state index in [-0.39, 0.29) is 53.8 Å². The maximum Gasteiger partial charge on any atom is 0.245 e. The summed E-state index contributed by atoms with van der Waals surface area (Å²) in [7, 11) is 4.95. The van der Waals surface area contributed by atoms with Crippen molar-refractivity contribution < 1.29 is 28.7 Å². The number of hydrogen-bond acceptors (Lipinski definition) is 7. The van der Waals surface area contributed by atoms with Gasteiger partial charge in [-0.05, 0) is 63.3 Å². The maximum absolute atomic E-state index is 14.1. The number of likely N-dealkylation sites (tertiary alicyclic amines) is 1. The molecule has 11 nitrogen and oxygen atoms in total. The summed E-state index contributed by atoms with van der Waals surface area (Å²) in [5, 5.41) is 9.41. The fourth-order valence-corrected chi connectivity index (χ4v) is 7.75. The molecule has 1 aliphatic carbocycles. The fourth-order valence-electron chi connectivity index (χ4n) is 7.75. The number of nitrogens with one attached hydrogen (secondary N) is 3. The van der Waals surface area contributed by atoms with Gasteiger partial charge in [0.1, 0.15) is 6.04 Å². The fraction of sp³-hybridized carbons (Fsp3) is 0.744. The van der Waals surface area contributed by atoms with Gasteiger partial charge in [0.15, 0.2) is 0 Å². The van der Waals surface area contributed by atoms with Gasteiger partial charge in [0.05, 0.1) is 42.2 Å². The van der Waals surface area contributed by atoms with Crippen molar-refractivity contribution in [3.05, 3.63) is 36.5 Å². The molecule has 0 unspecified atom stereocenters. The first-order valence-corrected chi connectivity index (χ1v) is 18.8. The minimum absolute atomic E-state index is 0.0179. The second kappa shape index (κ2) is 19.6. The third-order valence-corrected chi connectivity index (χ3v) is 11.2. The molecule has 0 aromatic carbocycles. The van der Waals surface area contributed by atoms with Crippen molar-refractivity contribution in [2.24, 2.45) is 23.7 Å². The lowest BCUT2D eigenvalue weighted by atomic mass is 9.89. The number of carbonyl (C=O) groups is 4. The van der Waals surface area contributed by atoms with Crippen LogP contribution in [0.1, 0.15) is 86.5 Å². The van der Waals surface area contributed by atoms with Gasteiger partial charge in [-0.3, -0.25) is 19.2 Å². The zero-order valence-corrected chi connectivity index (χ0v) is 32.1. The van der Waals surface area contributed by atoms with Crippen LogP contribution in [-0.4, -0.2) is 110 Å². The Hall–Kier alpha value is -3.02. The summed E-state index contributed by atoms with van der Waals surface area (Å²) in [6.07, 6.45) is 16.1. The highest BCUT2D eigenvalue weighted by atomic mass is 16.5. The number of methoxy groups -OCH3 is 2. The van der Waals surface area contributed by atoms with Crippen LogP contribution in [0.4, 0.5) is 0 Å².